The van der Waals surface area contributed by atoms with E-state index in [1.54, 1.807) is 34.8 Å². The van der Waals surface area contributed by atoms with E-state index in [9.17, 15) is 9.90 Å². The molecule has 2 aromatic rings. The summed E-state index contributed by atoms with van der Waals surface area (Å²) in [4.78, 5) is 14.3. The van der Waals surface area contributed by atoms with Crippen molar-refractivity contribution in [1.29, 1.82) is 0 Å². The largest absolute Gasteiger partial charge is 0.508 e. The third kappa shape index (κ3) is 2.91. The van der Waals surface area contributed by atoms with Crippen LogP contribution in [0.4, 0.5) is 0 Å². The molecule has 1 aromatic heterocycles. The minimum Gasteiger partial charge on any atom is -0.508 e. The fraction of sp³-hybridized carbons (Fsp3) is 0.375. The van der Waals surface area contributed by atoms with Gasteiger partial charge in [-0.1, -0.05) is 18.2 Å². The Labute approximate surface area is 124 Å². The van der Waals surface area contributed by atoms with E-state index >= 15 is 0 Å². The highest BCUT2D eigenvalue weighted by Gasteiger charge is 2.23. The molecule has 1 heterocycles. The molecule has 5 heteroatoms. The summed E-state index contributed by atoms with van der Waals surface area (Å²) in [6.07, 6.45) is 0. The molecule has 2 rings (SSSR count). The predicted molar refractivity (Wildman–Crippen MR) is 81.3 cm³/mol. The van der Waals surface area contributed by atoms with E-state index in [4.69, 9.17) is 0 Å². The Kier molecular flexibility index (Phi) is 4.31. The molecule has 21 heavy (non-hydrogen) atoms. The second kappa shape index (κ2) is 5.99. The summed E-state index contributed by atoms with van der Waals surface area (Å²) >= 11 is 0. The van der Waals surface area contributed by atoms with Gasteiger partial charge in [0.25, 0.3) is 5.91 Å². The van der Waals surface area contributed by atoms with Crippen LogP contribution in [0.1, 0.15) is 41.6 Å². The normalized spacial score (nSPS) is 12.2. The quantitative estimate of drug-likeness (QED) is 0.940. The molecule has 0 bridgehead atoms. The van der Waals surface area contributed by atoms with Gasteiger partial charge in [-0.05, 0) is 32.9 Å². The van der Waals surface area contributed by atoms with E-state index in [1.807, 2.05) is 32.9 Å². The first kappa shape index (κ1) is 15.1. The highest BCUT2D eigenvalue weighted by atomic mass is 16.3. The number of nitrogens with zero attached hydrogens (tertiary/aromatic N) is 3. The van der Waals surface area contributed by atoms with Crippen LogP contribution in [0.15, 0.2) is 30.3 Å². The summed E-state index contributed by atoms with van der Waals surface area (Å²) in [5.74, 6) is 0.0954. The van der Waals surface area contributed by atoms with Crippen molar-refractivity contribution in [2.75, 3.05) is 7.05 Å². The van der Waals surface area contributed by atoms with Crippen molar-refractivity contribution in [3.8, 4) is 5.75 Å². The van der Waals surface area contributed by atoms with Gasteiger partial charge >= 0.3 is 0 Å². The van der Waals surface area contributed by atoms with Crippen LogP contribution in [0, 0.1) is 6.92 Å². The number of hydrogen-bond donors (Lipinski definition) is 1. The van der Waals surface area contributed by atoms with Crippen molar-refractivity contribution in [2.24, 2.45) is 0 Å². The first-order valence-corrected chi connectivity index (χ1v) is 7.05. The molecule has 0 fully saturated rings. The van der Waals surface area contributed by atoms with Crippen molar-refractivity contribution in [3.63, 3.8) is 0 Å². The third-order valence-corrected chi connectivity index (χ3v) is 3.71. The second-order valence-electron chi connectivity index (χ2n) is 5.14. The molecular formula is C16H21N3O2. The zero-order valence-corrected chi connectivity index (χ0v) is 12.9. The fourth-order valence-corrected chi connectivity index (χ4v) is 2.36. The SMILES string of the molecule is CCn1nc(C)cc1C(=O)N(C)C(C)c1ccccc1O. The van der Waals surface area contributed by atoms with Crippen LogP contribution in [-0.4, -0.2) is 32.7 Å². The maximum atomic E-state index is 12.6. The molecule has 0 aliphatic heterocycles. The van der Waals surface area contributed by atoms with Crippen LogP contribution in [0.3, 0.4) is 0 Å². The third-order valence-electron chi connectivity index (χ3n) is 3.71. The Morgan fingerprint density at radius 3 is 2.71 bits per heavy atom. The van der Waals surface area contributed by atoms with Crippen LogP contribution in [0.25, 0.3) is 0 Å². The summed E-state index contributed by atoms with van der Waals surface area (Å²) in [5.41, 5.74) is 2.12. The Hall–Kier alpha value is -2.30. The minimum absolute atomic E-state index is 0.104. The molecule has 0 spiro atoms. The Morgan fingerprint density at radius 2 is 2.10 bits per heavy atom. The maximum absolute atomic E-state index is 12.6. The van der Waals surface area contributed by atoms with E-state index in [2.05, 4.69) is 5.10 Å². The van der Waals surface area contributed by atoms with E-state index in [0.717, 1.165) is 11.3 Å². The molecule has 1 aromatic carbocycles. The molecule has 0 aliphatic carbocycles. The predicted octanol–water partition coefficient (Wildman–Crippen LogP) is 2.75. The summed E-state index contributed by atoms with van der Waals surface area (Å²) in [5, 5.41) is 14.2. The van der Waals surface area contributed by atoms with Gasteiger partial charge in [0.05, 0.1) is 11.7 Å². The minimum atomic E-state index is -0.223. The van der Waals surface area contributed by atoms with Crippen LogP contribution in [0.5, 0.6) is 5.75 Å². The molecule has 0 saturated heterocycles. The number of benzene rings is 1. The summed E-state index contributed by atoms with van der Waals surface area (Å²) < 4.78 is 1.70. The number of aryl methyl sites for hydroxylation is 2. The van der Waals surface area contributed by atoms with Crippen molar-refractivity contribution < 1.29 is 9.90 Å². The van der Waals surface area contributed by atoms with Crippen LogP contribution in [-0.2, 0) is 6.54 Å². The monoisotopic (exact) mass is 287 g/mol. The number of carbonyl (C=O) groups excluding carboxylic acids is 1. The summed E-state index contributed by atoms with van der Waals surface area (Å²) in [6, 6.07) is 8.64. The number of phenolic OH excluding ortho intramolecular Hbond substituents is 1. The molecule has 0 aliphatic rings. The maximum Gasteiger partial charge on any atom is 0.272 e. The van der Waals surface area contributed by atoms with Gasteiger partial charge in [0.2, 0.25) is 0 Å². The second-order valence-corrected chi connectivity index (χ2v) is 5.14. The van der Waals surface area contributed by atoms with Gasteiger partial charge in [-0.15, -0.1) is 0 Å². The van der Waals surface area contributed by atoms with Crippen LogP contribution >= 0.6 is 0 Å². The van der Waals surface area contributed by atoms with Crippen molar-refractivity contribution in [3.05, 3.63) is 47.3 Å². The van der Waals surface area contributed by atoms with E-state index in [-0.39, 0.29) is 17.7 Å². The summed E-state index contributed by atoms with van der Waals surface area (Å²) in [7, 11) is 1.74. The Bertz CT molecular complexity index is 649. The molecule has 1 N–H and O–H groups in total. The number of aromatic hydroxyl groups is 1. The van der Waals surface area contributed by atoms with Crippen LogP contribution < -0.4 is 0 Å². The molecule has 1 unspecified atom stereocenters. The number of aromatic nitrogens is 2. The number of amides is 1. The Balaban J connectivity index is 2.28. The molecule has 0 radical (unpaired) electrons. The molecule has 1 amide bonds. The zero-order chi connectivity index (χ0) is 15.6. The zero-order valence-electron chi connectivity index (χ0n) is 12.9. The first-order chi connectivity index (χ1) is 9.95. The number of para-hydroxylation sites is 1. The van der Waals surface area contributed by atoms with Crippen LogP contribution in [0.2, 0.25) is 0 Å². The lowest BCUT2D eigenvalue weighted by Crippen LogP contribution is -2.31. The van der Waals surface area contributed by atoms with Gasteiger partial charge < -0.3 is 10.0 Å². The Morgan fingerprint density at radius 1 is 1.43 bits per heavy atom. The lowest BCUT2D eigenvalue weighted by atomic mass is 10.1. The van der Waals surface area contributed by atoms with Crippen molar-refractivity contribution >= 4 is 5.91 Å². The topological polar surface area (TPSA) is 58.4 Å². The molecular weight excluding hydrogens is 266 g/mol. The highest BCUT2D eigenvalue weighted by molar-refractivity contribution is 5.92. The van der Waals surface area contributed by atoms with Gasteiger partial charge in [0.15, 0.2) is 0 Å². The number of carbonyl (C=O) groups is 1. The van der Waals surface area contributed by atoms with Crippen molar-refractivity contribution in [1.82, 2.24) is 14.7 Å². The van der Waals surface area contributed by atoms with Gasteiger partial charge in [0, 0.05) is 19.2 Å². The molecule has 1 atom stereocenters. The van der Waals surface area contributed by atoms with Gasteiger partial charge in [-0.3, -0.25) is 9.48 Å². The number of rotatable bonds is 4. The highest BCUT2D eigenvalue weighted by Crippen LogP contribution is 2.28. The lowest BCUT2D eigenvalue weighted by Gasteiger charge is -2.26. The lowest BCUT2D eigenvalue weighted by molar-refractivity contribution is 0.0728. The van der Waals surface area contributed by atoms with E-state index in [0.29, 0.717) is 12.2 Å². The van der Waals surface area contributed by atoms with E-state index < -0.39 is 0 Å². The first-order valence-electron chi connectivity index (χ1n) is 7.05. The fourth-order valence-electron chi connectivity index (χ4n) is 2.36. The molecule has 112 valence electrons. The standard InChI is InChI=1S/C16H21N3O2/c1-5-19-14(10-11(2)17-19)16(21)18(4)12(3)13-8-6-7-9-15(13)20/h6-10,12,20H,5H2,1-4H3. The summed E-state index contributed by atoms with van der Waals surface area (Å²) in [6.45, 7) is 6.37. The average molecular weight is 287 g/mol. The number of phenols is 1. The average Bonchev–Trinajstić information content (AvgIpc) is 2.86. The van der Waals surface area contributed by atoms with Crippen molar-refractivity contribution in [2.45, 2.75) is 33.4 Å². The van der Waals surface area contributed by atoms with E-state index in [1.165, 1.54) is 0 Å². The van der Waals surface area contributed by atoms with Gasteiger partial charge in [-0.2, -0.15) is 5.10 Å². The smallest absolute Gasteiger partial charge is 0.272 e. The number of hydrogen-bond acceptors (Lipinski definition) is 3. The van der Waals surface area contributed by atoms with Gasteiger partial charge in [0.1, 0.15) is 11.4 Å². The molecule has 0 saturated carbocycles. The molecule has 5 nitrogen and oxygen atoms in total. The van der Waals surface area contributed by atoms with Gasteiger partial charge in [-0.25, -0.2) is 0 Å².